The molecule has 4 heterocycles. The highest BCUT2D eigenvalue weighted by atomic mass is 32.2. The van der Waals surface area contributed by atoms with Gasteiger partial charge in [-0.1, -0.05) is 18.0 Å². The molecule has 0 radical (unpaired) electrons. The summed E-state index contributed by atoms with van der Waals surface area (Å²) in [6.45, 7) is 0.826. The van der Waals surface area contributed by atoms with Gasteiger partial charge >= 0.3 is 11.9 Å². The highest BCUT2D eigenvalue weighted by Crippen LogP contribution is 2.34. The molecule has 1 aromatic rings. The average molecular weight is 1080 g/mol. The van der Waals surface area contributed by atoms with E-state index in [1.807, 2.05) is 23.5 Å². The number of carbonyl (C=O) groups excluding carboxylic acids is 5. The lowest BCUT2D eigenvalue weighted by molar-refractivity contribution is -0.142. The van der Waals surface area contributed by atoms with Crippen molar-refractivity contribution in [3.05, 3.63) is 39.8 Å². The lowest BCUT2D eigenvalue weighted by atomic mass is 10.0. The molecule has 1 aromatic carbocycles. The van der Waals surface area contributed by atoms with E-state index in [1.165, 1.54) is 18.2 Å². The topological polar surface area (TPSA) is 392 Å². The molecule has 13 N–H and O–H groups in total. The second-order valence-electron chi connectivity index (χ2n) is 18.1. The fraction of sp³-hybridized carbons (Fsp3) is 0.674. The molecule has 5 amide bonds. The summed E-state index contributed by atoms with van der Waals surface area (Å²) < 4.78 is 16.0. The van der Waals surface area contributed by atoms with Crippen molar-refractivity contribution in [2.24, 2.45) is 5.11 Å². The smallest absolute Gasteiger partial charge is 0.326 e. The third kappa shape index (κ3) is 20.3. The first-order valence-corrected chi connectivity index (χ1v) is 27.1. The number of carbonyl (C=O) groups is 7. The molecule has 26 nitrogen and oxygen atoms in total. The van der Waals surface area contributed by atoms with Crippen molar-refractivity contribution in [2.75, 3.05) is 76.1 Å². The monoisotopic (exact) mass is 1070 g/mol. The van der Waals surface area contributed by atoms with Gasteiger partial charge in [0.05, 0.1) is 57.2 Å². The molecule has 0 saturated carbocycles. The summed E-state index contributed by atoms with van der Waals surface area (Å²) in [5.41, 5.74) is 8.37. The largest absolute Gasteiger partial charge is 0.480 e. The minimum Gasteiger partial charge on any atom is -0.480 e. The first-order chi connectivity index (χ1) is 35.7. The number of rotatable bonds is 36. The molecular weight excluding hydrogens is 1000 g/mol. The van der Waals surface area contributed by atoms with Gasteiger partial charge in [-0.2, -0.15) is 23.5 Å². The molecule has 74 heavy (non-hydrogen) atoms. The third-order valence-corrected chi connectivity index (χ3v) is 15.5. The molecule has 28 heteroatoms. The molecule has 4 aliphatic heterocycles. The number of amides is 5. The van der Waals surface area contributed by atoms with Crippen molar-refractivity contribution in [3.8, 4) is 0 Å². The zero-order chi connectivity index (χ0) is 53.2. The summed E-state index contributed by atoms with van der Waals surface area (Å²) in [6, 6.07) is 2.46. The number of thioether (sulfide) groups is 2. The van der Waals surface area contributed by atoms with Crippen LogP contribution in [0.4, 0.5) is 5.69 Å². The van der Waals surface area contributed by atoms with Crippen LogP contribution < -0.4 is 47.9 Å². The summed E-state index contributed by atoms with van der Waals surface area (Å²) in [7, 11) is 0. The fourth-order valence-electron chi connectivity index (χ4n) is 8.79. The summed E-state index contributed by atoms with van der Waals surface area (Å²) >= 11 is 3.66. The van der Waals surface area contributed by atoms with Gasteiger partial charge in [-0.05, 0) is 75.1 Å². The van der Waals surface area contributed by atoms with Gasteiger partial charge < -0.3 is 72.3 Å². The van der Waals surface area contributed by atoms with Crippen molar-refractivity contribution >= 4 is 82.6 Å². The predicted molar refractivity (Wildman–Crippen MR) is 276 cm³/mol. The molecule has 0 aromatic heterocycles. The Balaban J connectivity index is 1.06. The van der Waals surface area contributed by atoms with Gasteiger partial charge in [0, 0.05) is 76.2 Å². The van der Waals surface area contributed by atoms with E-state index in [2.05, 4.69) is 57.9 Å². The molecule has 0 spiro atoms. The number of carboxylic acids is 2. The number of anilines is 1. The van der Waals surface area contributed by atoms with Crippen LogP contribution in [-0.4, -0.2) is 181 Å². The van der Waals surface area contributed by atoms with Crippen molar-refractivity contribution in [1.29, 1.82) is 10.8 Å². The first-order valence-electron chi connectivity index (χ1n) is 25.0. The number of benzene rings is 1. The molecule has 4 fully saturated rings. The van der Waals surface area contributed by atoms with E-state index in [0.29, 0.717) is 35.3 Å². The van der Waals surface area contributed by atoms with Crippen LogP contribution in [0.25, 0.3) is 10.4 Å². The lowest BCUT2D eigenvalue weighted by Crippen LogP contribution is -2.41. The maximum absolute atomic E-state index is 13.5. The number of unbranched alkanes of at least 4 members (excludes halogenated alkanes) is 2. The standard InChI is InChI=1S/C46H70N14O12S2/c47-45-56-32-25-73-34(39(32)58-45)9-1-3-11-36(61)54-30(43(66)67)7-5-13-50-41(64)27-21-28(23-29(22-27)53-38(63)24-72-20-19-71-18-17-70-16-15-52-60-49)42(65)51-14-6-8-31(44(68)69)55-37(62)12-4-2-10-35-40-33(26-74-35)57-46(48)59-40/h21-23,30-35,39-40H,1-20,24-26H2,(H,50,64)(H,51,65)(H,53,63)(H,54,61)(H,55,62)(H,66,67)(H,68,69)(H3,47,56,58)(H3,48,57,59). The van der Waals surface area contributed by atoms with Crippen molar-refractivity contribution in [2.45, 2.75) is 124 Å². The summed E-state index contributed by atoms with van der Waals surface area (Å²) in [5, 5.41) is 65.0. The molecule has 8 unspecified atom stereocenters. The molecule has 5 rings (SSSR count). The zero-order valence-electron chi connectivity index (χ0n) is 41.2. The van der Waals surface area contributed by atoms with Gasteiger partial charge in [0.2, 0.25) is 17.7 Å². The number of hydrogen-bond donors (Lipinski definition) is 13. The van der Waals surface area contributed by atoms with Crippen molar-refractivity contribution in [1.82, 2.24) is 42.5 Å². The van der Waals surface area contributed by atoms with E-state index in [1.54, 1.807) is 0 Å². The minimum absolute atomic E-state index is 0.00988. The number of guanidine groups is 2. The third-order valence-electron chi connectivity index (χ3n) is 12.5. The number of ether oxygens (including phenoxy) is 3. The predicted octanol–water partition coefficient (Wildman–Crippen LogP) is 1.23. The van der Waals surface area contributed by atoms with E-state index >= 15 is 0 Å². The Hall–Kier alpha value is -6.06. The van der Waals surface area contributed by atoms with Crippen LogP contribution in [0, 0.1) is 10.8 Å². The number of hydrogen-bond acceptors (Lipinski definition) is 15. The Morgan fingerprint density at radius 3 is 1.61 bits per heavy atom. The molecule has 4 saturated heterocycles. The molecule has 8 atom stereocenters. The van der Waals surface area contributed by atoms with Crippen LogP contribution >= 0.6 is 23.5 Å². The number of fused-ring (bicyclic) bond motifs is 2. The summed E-state index contributed by atoms with van der Waals surface area (Å²) in [4.78, 5) is 91.9. The highest BCUT2D eigenvalue weighted by molar-refractivity contribution is 8.00. The number of nitrogens with one attached hydrogen (secondary N) is 11. The van der Waals surface area contributed by atoms with Crippen LogP contribution in [0.5, 0.6) is 0 Å². The average Bonchev–Trinajstić information content (AvgIpc) is 4.14. The molecular formula is C46H70N14O12S2. The quantitative estimate of drug-likeness (QED) is 0.0194. The molecule has 0 bridgehead atoms. The first kappa shape index (κ1) is 58.8. The lowest BCUT2D eigenvalue weighted by Gasteiger charge is -2.17. The van der Waals surface area contributed by atoms with Crippen molar-refractivity contribution in [3.63, 3.8) is 0 Å². The fourth-order valence-corrected chi connectivity index (χ4v) is 11.9. The van der Waals surface area contributed by atoms with E-state index < -0.39 is 60.2 Å². The maximum Gasteiger partial charge on any atom is 0.326 e. The van der Waals surface area contributed by atoms with Gasteiger partial charge in [0.25, 0.3) is 11.8 Å². The van der Waals surface area contributed by atoms with E-state index in [-0.39, 0.29) is 132 Å². The Labute approximate surface area is 437 Å². The van der Waals surface area contributed by atoms with E-state index in [0.717, 1.165) is 37.2 Å². The van der Waals surface area contributed by atoms with E-state index in [9.17, 15) is 43.8 Å². The molecule has 0 aliphatic carbocycles. The second-order valence-corrected chi connectivity index (χ2v) is 20.7. The minimum atomic E-state index is -1.22. The van der Waals surface area contributed by atoms with Crippen LogP contribution in [0.3, 0.4) is 0 Å². The Bertz CT molecular complexity index is 2050. The van der Waals surface area contributed by atoms with Crippen LogP contribution in [0.15, 0.2) is 23.3 Å². The number of carboxylic acid groups (broad SMARTS) is 2. The molecule has 408 valence electrons. The summed E-state index contributed by atoms with van der Waals surface area (Å²) in [5.74, 6) is -2.61. The second kappa shape index (κ2) is 31.6. The Morgan fingerprint density at radius 2 is 1.14 bits per heavy atom. The van der Waals surface area contributed by atoms with Crippen molar-refractivity contribution < 1.29 is 58.0 Å². The Kier molecular flexibility index (Phi) is 25.1. The highest BCUT2D eigenvalue weighted by Gasteiger charge is 2.42. The van der Waals surface area contributed by atoms with Gasteiger partial charge in [-0.15, -0.1) is 0 Å². The maximum atomic E-state index is 13.5. The van der Waals surface area contributed by atoms with Crippen LogP contribution in [-0.2, 0) is 38.2 Å². The van der Waals surface area contributed by atoms with E-state index in [4.69, 9.17) is 30.6 Å². The SMILES string of the molecule is [N-]=[N+]=NCCOCCOCCOCC(=O)Nc1cc(C(=O)NCCCC(NC(=O)CCCCC2SCC3NC(=N)NC32)C(=O)O)cc(C(=O)NCCCC(NC(=O)CCCCC2SCC3NC(=N)NC32)C(=O)O)c1. The number of aliphatic carboxylic acids is 2. The summed E-state index contributed by atoms with van der Waals surface area (Å²) in [6.07, 6.45) is 5.13. The molecule has 4 aliphatic rings. The van der Waals surface area contributed by atoms with Gasteiger partial charge in [-0.3, -0.25) is 34.8 Å². The zero-order valence-corrected chi connectivity index (χ0v) is 42.9. The normalized spacial score (nSPS) is 21.0. The van der Waals surface area contributed by atoms with Gasteiger partial charge in [-0.25, -0.2) is 9.59 Å². The van der Waals surface area contributed by atoms with Crippen LogP contribution in [0.2, 0.25) is 0 Å². The van der Waals surface area contributed by atoms with Crippen LogP contribution in [0.1, 0.15) is 97.8 Å². The number of nitrogens with zero attached hydrogens (tertiary/aromatic N) is 3. The van der Waals surface area contributed by atoms with Gasteiger partial charge in [0.15, 0.2) is 11.9 Å². The Morgan fingerprint density at radius 1 is 0.662 bits per heavy atom. The van der Waals surface area contributed by atoms with Gasteiger partial charge in [0.1, 0.15) is 18.7 Å². The number of azide groups is 1.